The van der Waals surface area contributed by atoms with Gasteiger partial charge >= 0.3 is 6.09 Å². The Morgan fingerprint density at radius 1 is 1.58 bits per heavy atom. The fourth-order valence-electron chi connectivity index (χ4n) is 1.17. The van der Waals surface area contributed by atoms with Crippen molar-refractivity contribution in [3.63, 3.8) is 0 Å². The second-order valence-corrected chi connectivity index (χ2v) is 4.57. The van der Waals surface area contributed by atoms with Crippen LogP contribution in [-0.4, -0.2) is 42.9 Å². The van der Waals surface area contributed by atoms with Gasteiger partial charge < -0.3 is 10.0 Å². The summed E-state index contributed by atoms with van der Waals surface area (Å²) in [7, 11) is -3.57. The second-order valence-electron chi connectivity index (χ2n) is 2.73. The van der Waals surface area contributed by atoms with Gasteiger partial charge in [0.2, 0.25) is 10.0 Å². The van der Waals surface area contributed by atoms with E-state index in [0.29, 0.717) is 6.42 Å². The number of rotatable bonds is 1. The van der Waals surface area contributed by atoms with Crippen molar-refractivity contribution >= 4 is 16.1 Å². The molecule has 0 bridgehead atoms. The van der Waals surface area contributed by atoms with Gasteiger partial charge in [0, 0.05) is 13.1 Å². The highest BCUT2D eigenvalue weighted by molar-refractivity contribution is 7.89. The summed E-state index contributed by atoms with van der Waals surface area (Å²) in [6, 6.07) is 0. The number of amides is 1. The molecule has 0 saturated carbocycles. The first-order valence-corrected chi connectivity index (χ1v) is 5.01. The van der Waals surface area contributed by atoms with E-state index in [1.807, 2.05) is 0 Å². The zero-order valence-electron chi connectivity index (χ0n) is 6.30. The van der Waals surface area contributed by atoms with Crippen LogP contribution in [0.3, 0.4) is 0 Å². The Morgan fingerprint density at radius 2 is 2.17 bits per heavy atom. The zero-order valence-corrected chi connectivity index (χ0v) is 7.12. The number of hydrogen-bond donors (Lipinski definition) is 2. The van der Waals surface area contributed by atoms with E-state index in [4.69, 9.17) is 10.2 Å². The van der Waals surface area contributed by atoms with Gasteiger partial charge in [0.25, 0.3) is 0 Å². The molecule has 1 saturated heterocycles. The summed E-state index contributed by atoms with van der Waals surface area (Å²) in [6.45, 7) is 0.241. The lowest BCUT2D eigenvalue weighted by atomic mass is 10.4. The Hall–Kier alpha value is -0.820. The minimum absolute atomic E-state index is 0.00579. The van der Waals surface area contributed by atoms with Crippen LogP contribution < -0.4 is 5.14 Å². The minimum Gasteiger partial charge on any atom is -0.465 e. The Morgan fingerprint density at radius 3 is 2.42 bits per heavy atom. The van der Waals surface area contributed by atoms with E-state index in [9.17, 15) is 13.2 Å². The average Bonchev–Trinajstić information content (AvgIpc) is 2.30. The highest BCUT2D eigenvalue weighted by atomic mass is 32.2. The molecule has 0 aromatic carbocycles. The summed E-state index contributed by atoms with van der Waals surface area (Å²) in [5.41, 5.74) is 0. The molecule has 3 N–H and O–H groups in total. The van der Waals surface area contributed by atoms with Gasteiger partial charge in [0.15, 0.2) is 0 Å². The molecule has 6 nitrogen and oxygen atoms in total. The molecule has 0 radical (unpaired) electrons. The monoisotopic (exact) mass is 194 g/mol. The Kier molecular flexibility index (Phi) is 2.25. The molecule has 12 heavy (non-hydrogen) atoms. The molecule has 1 heterocycles. The lowest BCUT2D eigenvalue weighted by Gasteiger charge is -2.10. The van der Waals surface area contributed by atoms with Crippen LogP contribution in [0.1, 0.15) is 6.42 Å². The number of carboxylic acid groups (broad SMARTS) is 1. The van der Waals surface area contributed by atoms with E-state index < -0.39 is 21.4 Å². The summed E-state index contributed by atoms with van der Waals surface area (Å²) in [6.07, 6.45) is -0.799. The van der Waals surface area contributed by atoms with Crippen molar-refractivity contribution in [2.45, 2.75) is 11.7 Å². The highest BCUT2D eigenvalue weighted by Crippen LogP contribution is 2.14. The molecule has 0 aromatic heterocycles. The van der Waals surface area contributed by atoms with Crippen LogP contribution in [0.5, 0.6) is 0 Å². The predicted molar refractivity (Wildman–Crippen MR) is 41.1 cm³/mol. The summed E-state index contributed by atoms with van der Waals surface area (Å²) in [5.74, 6) is 0. The maximum absolute atomic E-state index is 10.8. The molecule has 0 aliphatic carbocycles. The van der Waals surface area contributed by atoms with Gasteiger partial charge in [-0.25, -0.2) is 18.4 Å². The summed E-state index contributed by atoms with van der Waals surface area (Å²) in [4.78, 5) is 11.4. The lowest BCUT2D eigenvalue weighted by molar-refractivity contribution is 0.156. The van der Waals surface area contributed by atoms with Crippen LogP contribution in [0, 0.1) is 0 Å². The number of likely N-dealkylation sites (tertiary alicyclic amines) is 1. The average molecular weight is 194 g/mol. The van der Waals surface area contributed by atoms with Crippen LogP contribution in [0.4, 0.5) is 4.79 Å². The van der Waals surface area contributed by atoms with Gasteiger partial charge in [0.05, 0.1) is 5.25 Å². The fraction of sp³-hybridized carbons (Fsp3) is 0.800. The number of nitrogens with two attached hydrogens (primary N) is 1. The highest BCUT2D eigenvalue weighted by Gasteiger charge is 2.32. The van der Waals surface area contributed by atoms with Crippen LogP contribution in [0.25, 0.3) is 0 Å². The van der Waals surface area contributed by atoms with Crippen LogP contribution in [0.15, 0.2) is 0 Å². The van der Waals surface area contributed by atoms with Gasteiger partial charge in [-0.2, -0.15) is 0 Å². The first-order chi connectivity index (χ1) is 5.41. The zero-order chi connectivity index (χ0) is 9.35. The van der Waals surface area contributed by atoms with Crippen LogP contribution in [-0.2, 0) is 10.0 Å². The normalized spacial score (nSPS) is 24.4. The predicted octanol–water partition coefficient (Wildman–Crippen LogP) is -0.973. The SMILES string of the molecule is NS(=O)(=O)C1CCN(C(=O)O)C1. The van der Waals surface area contributed by atoms with Gasteiger partial charge in [0.1, 0.15) is 0 Å². The first kappa shape index (κ1) is 9.27. The van der Waals surface area contributed by atoms with Crippen molar-refractivity contribution in [2.24, 2.45) is 5.14 Å². The fourth-order valence-corrected chi connectivity index (χ4v) is 1.99. The largest absolute Gasteiger partial charge is 0.465 e. The standard InChI is InChI=1S/C5H10N2O4S/c6-12(10,11)4-1-2-7(3-4)5(8)9/h4H,1-3H2,(H,8,9)(H2,6,10,11). The van der Waals surface area contributed by atoms with Crippen molar-refractivity contribution < 1.29 is 18.3 Å². The van der Waals surface area contributed by atoms with Crippen molar-refractivity contribution in [1.29, 1.82) is 0 Å². The molecule has 1 rings (SSSR count). The maximum Gasteiger partial charge on any atom is 0.407 e. The van der Waals surface area contributed by atoms with Crippen LogP contribution in [0.2, 0.25) is 0 Å². The molecule has 0 spiro atoms. The third-order valence-electron chi connectivity index (χ3n) is 1.88. The van der Waals surface area contributed by atoms with Gasteiger partial charge in [-0.15, -0.1) is 0 Å². The summed E-state index contributed by atoms with van der Waals surface area (Å²) in [5, 5.41) is 12.6. The van der Waals surface area contributed by atoms with Gasteiger partial charge in [-0.05, 0) is 6.42 Å². The van der Waals surface area contributed by atoms with Gasteiger partial charge in [-0.1, -0.05) is 0 Å². The van der Waals surface area contributed by atoms with E-state index in [2.05, 4.69) is 0 Å². The first-order valence-electron chi connectivity index (χ1n) is 3.41. The quantitative estimate of drug-likeness (QED) is 0.560. The van der Waals surface area contributed by atoms with E-state index in [1.165, 1.54) is 0 Å². The van der Waals surface area contributed by atoms with E-state index in [0.717, 1.165) is 4.90 Å². The van der Waals surface area contributed by atoms with Gasteiger partial charge in [-0.3, -0.25) is 0 Å². The molecular weight excluding hydrogens is 184 g/mol. The van der Waals surface area contributed by atoms with E-state index in [1.54, 1.807) is 0 Å². The van der Waals surface area contributed by atoms with E-state index >= 15 is 0 Å². The molecule has 1 amide bonds. The molecule has 1 atom stereocenters. The Bertz CT molecular complexity index is 286. The number of carbonyl (C=O) groups is 1. The van der Waals surface area contributed by atoms with Crippen molar-refractivity contribution in [2.75, 3.05) is 13.1 Å². The minimum atomic E-state index is -3.57. The van der Waals surface area contributed by atoms with Crippen molar-refractivity contribution in [3.05, 3.63) is 0 Å². The summed E-state index contributed by atoms with van der Waals surface area (Å²) >= 11 is 0. The number of sulfonamides is 1. The third kappa shape index (κ3) is 1.86. The summed E-state index contributed by atoms with van der Waals surface area (Å²) < 4.78 is 21.5. The molecule has 1 unspecified atom stereocenters. The lowest BCUT2D eigenvalue weighted by Crippen LogP contribution is -2.33. The smallest absolute Gasteiger partial charge is 0.407 e. The number of hydrogen-bond acceptors (Lipinski definition) is 3. The number of nitrogens with zero attached hydrogens (tertiary/aromatic N) is 1. The van der Waals surface area contributed by atoms with Crippen LogP contribution >= 0.6 is 0 Å². The van der Waals surface area contributed by atoms with Crippen molar-refractivity contribution in [3.8, 4) is 0 Å². The molecule has 70 valence electrons. The number of primary sulfonamides is 1. The van der Waals surface area contributed by atoms with Crippen molar-refractivity contribution in [1.82, 2.24) is 4.90 Å². The maximum atomic E-state index is 10.8. The van der Waals surface area contributed by atoms with E-state index in [-0.39, 0.29) is 13.1 Å². The molecular formula is C5H10N2O4S. The Labute approximate surface area is 70.0 Å². The third-order valence-corrected chi connectivity index (χ3v) is 3.19. The molecule has 7 heteroatoms. The molecule has 1 aliphatic rings. The molecule has 0 aromatic rings. The topological polar surface area (TPSA) is 101 Å². The molecule has 1 aliphatic heterocycles. The Balaban J connectivity index is 2.64. The molecule has 1 fully saturated rings. The second kappa shape index (κ2) is 2.91.